The van der Waals surface area contributed by atoms with Crippen LogP contribution in [0.5, 0.6) is 0 Å². The van der Waals surface area contributed by atoms with Crippen molar-refractivity contribution in [2.24, 2.45) is 5.41 Å². The van der Waals surface area contributed by atoms with Gasteiger partial charge in [0, 0.05) is 24.8 Å². The third-order valence-corrected chi connectivity index (χ3v) is 3.64. The molecule has 0 saturated carbocycles. The number of H-pyrrole nitrogens is 1. The van der Waals surface area contributed by atoms with E-state index in [9.17, 15) is 4.79 Å². The van der Waals surface area contributed by atoms with Crippen LogP contribution >= 0.6 is 0 Å². The number of nitrogens with zero attached hydrogens (tertiary/aromatic N) is 1. The number of nitrogens with one attached hydrogen (secondary N) is 3. The normalized spacial score (nSPS) is 24.5. The van der Waals surface area contributed by atoms with Gasteiger partial charge in [-0.3, -0.25) is 9.89 Å². The van der Waals surface area contributed by atoms with Gasteiger partial charge in [0.1, 0.15) is 0 Å². The molecule has 0 bridgehead atoms. The number of hydrogen-bond acceptors (Lipinski definition) is 3. The fourth-order valence-electron chi connectivity index (χ4n) is 2.37. The van der Waals surface area contributed by atoms with Crippen LogP contribution in [0.3, 0.4) is 0 Å². The first-order chi connectivity index (χ1) is 8.27. The van der Waals surface area contributed by atoms with Crippen LogP contribution in [0.2, 0.25) is 0 Å². The molecule has 17 heavy (non-hydrogen) atoms. The number of hydrogen-bond donors (Lipinski definition) is 3. The summed E-state index contributed by atoms with van der Waals surface area (Å²) in [6.07, 6.45) is 6.48. The number of amides is 1. The maximum Gasteiger partial charge on any atom is 0.227 e. The first kappa shape index (κ1) is 12.1. The van der Waals surface area contributed by atoms with Crippen molar-refractivity contribution in [3.63, 3.8) is 0 Å². The van der Waals surface area contributed by atoms with Crippen molar-refractivity contribution in [2.75, 3.05) is 13.1 Å². The number of aromatic amines is 1. The molecule has 1 aliphatic heterocycles. The molecule has 1 amide bonds. The number of aromatic nitrogens is 2. The minimum atomic E-state index is -0.220. The summed E-state index contributed by atoms with van der Waals surface area (Å²) in [5.41, 5.74) is 0.787. The summed E-state index contributed by atoms with van der Waals surface area (Å²) in [5, 5.41) is 12.9. The van der Waals surface area contributed by atoms with Crippen LogP contribution in [-0.4, -0.2) is 29.2 Å². The summed E-state index contributed by atoms with van der Waals surface area (Å²) in [4.78, 5) is 12.3. The van der Waals surface area contributed by atoms with Gasteiger partial charge in [0.25, 0.3) is 0 Å². The molecule has 0 spiro atoms. The largest absolute Gasteiger partial charge is 0.351 e. The molecule has 1 atom stereocenters. The minimum Gasteiger partial charge on any atom is -0.351 e. The molecule has 3 N–H and O–H groups in total. The Morgan fingerprint density at radius 2 is 2.53 bits per heavy atom. The van der Waals surface area contributed by atoms with E-state index in [0.717, 1.165) is 37.9 Å². The van der Waals surface area contributed by atoms with Gasteiger partial charge in [0.15, 0.2) is 0 Å². The molecule has 1 aromatic rings. The van der Waals surface area contributed by atoms with Gasteiger partial charge in [0.05, 0.1) is 11.6 Å². The molecule has 2 rings (SSSR count). The molecule has 5 nitrogen and oxygen atoms in total. The smallest absolute Gasteiger partial charge is 0.227 e. The highest BCUT2D eigenvalue weighted by molar-refractivity contribution is 5.83. The Balaban J connectivity index is 1.93. The highest BCUT2D eigenvalue weighted by atomic mass is 16.2. The topological polar surface area (TPSA) is 69.8 Å². The van der Waals surface area contributed by atoms with Gasteiger partial charge in [-0.25, -0.2) is 0 Å². The Hall–Kier alpha value is -1.36. The van der Waals surface area contributed by atoms with Crippen LogP contribution < -0.4 is 10.6 Å². The summed E-state index contributed by atoms with van der Waals surface area (Å²) >= 11 is 0. The Morgan fingerprint density at radius 3 is 3.12 bits per heavy atom. The van der Waals surface area contributed by atoms with Gasteiger partial charge in [-0.2, -0.15) is 5.10 Å². The number of carbonyl (C=O) groups excluding carboxylic acids is 1. The molecule has 1 saturated heterocycles. The molecule has 1 fully saturated rings. The second-order valence-electron chi connectivity index (χ2n) is 4.70. The van der Waals surface area contributed by atoms with Gasteiger partial charge in [-0.1, -0.05) is 6.92 Å². The molecule has 2 heterocycles. The van der Waals surface area contributed by atoms with Crippen molar-refractivity contribution in [3.8, 4) is 0 Å². The van der Waals surface area contributed by atoms with Crippen molar-refractivity contribution in [1.29, 1.82) is 0 Å². The summed E-state index contributed by atoms with van der Waals surface area (Å²) in [6.45, 7) is 4.46. The quantitative estimate of drug-likeness (QED) is 0.724. The fraction of sp³-hybridized carbons (Fsp3) is 0.667. The fourth-order valence-corrected chi connectivity index (χ4v) is 2.37. The van der Waals surface area contributed by atoms with E-state index in [2.05, 4.69) is 27.8 Å². The van der Waals surface area contributed by atoms with E-state index in [-0.39, 0.29) is 11.3 Å². The Labute approximate surface area is 101 Å². The summed E-state index contributed by atoms with van der Waals surface area (Å²) in [7, 11) is 0. The predicted octanol–water partition coefficient (Wildman–Crippen LogP) is 0.806. The highest BCUT2D eigenvalue weighted by Crippen LogP contribution is 2.30. The van der Waals surface area contributed by atoms with Gasteiger partial charge < -0.3 is 10.6 Å². The van der Waals surface area contributed by atoms with E-state index in [1.165, 1.54) is 0 Å². The molecule has 0 aromatic carbocycles. The lowest BCUT2D eigenvalue weighted by molar-refractivity contribution is -0.132. The Morgan fingerprint density at radius 1 is 1.65 bits per heavy atom. The van der Waals surface area contributed by atoms with Gasteiger partial charge in [-0.15, -0.1) is 0 Å². The van der Waals surface area contributed by atoms with E-state index in [1.54, 1.807) is 12.4 Å². The minimum absolute atomic E-state index is 0.161. The SMILES string of the molecule is CCC1(C(=O)NCc2cn[nH]c2)CCCNC1. The molecular formula is C12H20N4O. The third-order valence-electron chi connectivity index (χ3n) is 3.64. The van der Waals surface area contributed by atoms with E-state index in [1.807, 2.05) is 0 Å². The Bertz CT molecular complexity index is 355. The summed E-state index contributed by atoms with van der Waals surface area (Å²) in [6, 6.07) is 0. The second kappa shape index (κ2) is 5.31. The highest BCUT2D eigenvalue weighted by Gasteiger charge is 2.37. The molecule has 1 unspecified atom stereocenters. The van der Waals surface area contributed by atoms with E-state index in [0.29, 0.717) is 6.54 Å². The van der Waals surface area contributed by atoms with Gasteiger partial charge in [0.2, 0.25) is 5.91 Å². The van der Waals surface area contributed by atoms with E-state index < -0.39 is 0 Å². The molecular weight excluding hydrogens is 216 g/mol. The average Bonchev–Trinajstić information content (AvgIpc) is 2.90. The van der Waals surface area contributed by atoms with Crippen molar-refractivity contribution in [2.45, 2.75) is 32.7 Å². The van der Waals surface area contributed by atoms with Crippen molar-refractivity contribution < 1.29 is 4.79 Å². The second-order valence-corrected chi connectivity index (χ2v) is 4.70. The molecule has 1 aliphatic rings. The number of rotatable bonds is 4. The van der Waals surface area contributed by atoms with Crippen molar-refractivity contribution in [3.05, 3.63) is 18.0 Å². The van der Waals surface area contributed by atoms with Crippen molar-refractivity contribution in [1.82, 2.24) is 20.8 Å². The zero-order valence-electron chi connectivity index (χ0n) is 10.3. The maximum absolute atomic E-state index is 12.3. The summed E-state index contributed by atoms with van der Waals surface area (Å²) < 4.78 is 0. The lowest BCUT2D eigenvalue weighted by Crippen LogP contribution is -2.49. The predicted molar refractivity (Wildman–Crippen MR) is 65.3 cm³/mol. The molecule has 1 aromatic heterocycles. The standard InChI is InChI=1S/C12H20N4O/c1-2-12(4-3-5-13-9-12)11(17)14-6-10-7-15-16-8-10/h7-8,13H,2-6,9H2,1H3,(H,14,17)(H,15,16). The van der Waals surface area contributed by atoms with Crippen LogP contribution in [0.4, 0.5) is 0 Å². The zero-order chi connectivity index (χ0) is 12.1. The lowest BCUT2D eigenvalue weighted by atomic mass is 9.77. The maximum atomic E-state index is 12.3. The first-order valence-corrected chi connectivity index (χ1v) is 6.23. The molecule has 0 radical (unpaired) electrons. The van der Waals surface area contributed by atoms with Crippen LogP contribution in [0.15, 0.2) is 12.4 Å². The van der Waals surface area contributed by atoms with Crippen LogP contribution in [0.25, 0.3) is 0 Å². The molecule has 5 heteroatoms. The van der Waals surface area contributed by atoms with Gasteiger partial charge >= 0.3 is 0 Å². The molecule has 94 valence electrons. The van der Waals surface area contributed by atoms with Gasteiger partial charge in [-0.05, 0) is 25.8 Å². The van der Waals surface area contributed by atoms with Crippen LogP contribution in [-0.2, 0) is 11.3 Å². The Kier molecular flexibility index (Phi) is 3.78. The van der Waals surface area contributed by atoms with E-state index in [4.69, 9.17) is 0 Å². The first-order valence-electron chi connectivity index (χ1n) is 6.23. The monoisotopic (exact) mass is 236 g/mol. The van der Waals surface area contributed by atoms with Crippen LogP contribution in [0.1, 0.15) is 31.7 Å². The van der Waals surface area contributed by atoms with Crippen LogP contribution in [0, 0.1) is 5.41 Å². The zero-order valence-corrected chi connectivity index (χ0v) is 10.3. The number of piperidine rings is 1. The van der Waals surface area contributed by atoms with Crippen molar-refractivity contribution >= 4 is 5.91 Å². The third kappa shape index (κ3) is 2.66. The van der Waals surface area contributed by atoms with E-state index >= 15 is 0 Å². The molecule has 0 aliphatic carbocycles. The lowest BCUT2D eigenvalue weighted by Gasteiger charge is -2.35. The average molecular weight is 236 g/mol. The number of carbonyl (C=O) groups is 1. The summed E-state index contributed by atoms with van der Waals surface area (Å²) in [5.74, 6) is 0.161.